The van der Waals surface area contributed by atoms with Crippen LogP contribution < -0.4 is 4.90 Å². The van der Waals surface area contributed by atoms with E-state index in [4.69, 9.17) is 9.47 Å². The summed E-state index contributed by atoms with van der Waals surface area (Å²) in [6.45, 7) is 3.68. The van der Waals surface area contributed by atoms with E-state index in [2.05, 4.69) is 0 Å². The third-order valence-electron chi connectivity index (χ3n) is 4.87. The molecule has 2 atom stereocenters. The van der Waals surface area contributed by atoms with E-state index >= 15 is 0 Å². The number of ketones is 1. The summed E-state index contributed by atoms with van der Waals surface area (Å²) in [6, 6.07) is 15.0. The molecule has 0 bridgehead atoms. The maximum atomic E-state index is 12.5. The maximum Gasteiger partial charge on any atom is 0.338 e. The number of anilines is 1. The van der Waals surface area contributed by atoms with Gasteiger partial charge in [0.15, 0.2) is 6.10 Å². The maximum absolute atomic E-state index is 12.5. The van der Waals surface area contributed by atoms with Gasteiger partial charge in [0, 0.05) is 24.2 Å². The number of rotatable bonds is 7. The van der Waals surface area contributed by atoms with Crippen LogP contribution in [0.1, 0.15) is 41.0 Å². The average molecular weight is 409 g/mol. The van der Waals surface area contributed by atoms with Crippen LogP contribution in [0, 0.1) is 5.92 Å². The zero-order valence-electron chi connectivity index (χ0n) is 16.9. The number of esters is 2. The zero-order chi connectivity index (χ0) is 21.7. The standard InChI is InChI=1S/C23H23NO6/c1-3-29-22(27)17-9-11-19(12-10-17)24-14-18(13-20(24)25)23(28)30-15(2)21(26)16-7-5-4-6-8-16/h4-12,15,18H,3,13-14H2,1-2H3/t15-,18+/m0/s1. The third kappa shape index (κ3) is 4.74. The Hall–Kier alpha value is -3.48. The summed E-state index contributed by atoms with van der Waals surface area (Å²) < 4.78 is 10.3. The van der Waals surface area contributed by atoms with Crippen LogP contribution >= 0.6 is 0 Å². The van der Waals surface area contributed by atoms with E-state index in [0.717, 1.165) is 0 Å². The molecule has 0 aromatic heterocycles. The predicted octanol–water partition coefficient (Wildman–Crippen LogP) is 3.03. The van der Waals surface area contributed by atoms with Crippen molar-refractivity contribution in [3.05, 3.63) is 65.7 Å². The highest BCUT2D eigenvalue weighted by Crippen LogP contribution is 2.27. The minimum atomic E-state index is -0.937. The topological polar surface area (TPSA) is 90.0 Å². The molecule has 2 aromatic carbocycles. The van der Waals surface area contributed by atoms with E-state index in [-0.39, 0.29) is 31.3 Å². The van der Waals surface area contributed by atoms with Crippen molar-refractivity contribution in [2.24, 2.45) is 5.92 Å². The molecule has 156 valence electrons. The minimum absolute atomic E-state index is 0.00467. The van der Waals surface area contributed by atoms with Gasteiger partial charge in [0.2, 0.25) is 11.7 Å². The van der Waals surface area contributed by atoms with Crippen molar-refractivity contribution in [3.63, 3.8) is 0 Å². The first-order valence-electron chi connectivity index (χ1n) is 9.78. The number of hydrogen-bond acceptors (Lipinski definition) is 6. The van der Waals surface area contributed by atoms with Gasteiger partial charge in [-0.2, -0.15) is 0 Å². The lowest BCUT2D eigenvalue weighted by Crippen LogP contribution is -2.30. The van der Waals surface area contributed by atoms with E-state index in [1.54, 1.807) is 61.5 Å². The van der Waals surface area contributed by atoms with Gasteiger partial charge in [-0.15, -0.1) is 0 Å². The highest BCUT2D eigenvalue weighted by molar-refractivity contribution is 6.02. The second kappa shape index (κ2) is 9.35. The van der Waals surface area contributed by atoms with Crippen molar-refractivity contribution in [2.45, 2.75) is 26.4 Å². The van der Waals surface area contributed by atoms with E-state index in [1.807, 2.05) is 0 Å². The normalized spacial score (nSPS) is 16.8. The number of carbonyl (C=O) groups is 4. The molecule has 3 rings (SSSR count). The van der Waals surface area contributed by atoms with Crippen LogP contribution in [0.15, 0.2) is 54.6 Å². The first kappa shape index (κ1) is 21.2. The Morgan fingerprint density at radius 3 is 2.33 bits per heavy atom. The van der Waals surface area contributed by atoms with Crippen molar-refractivity contribution in [3.8, 4) is 0 Å². The van der Waals surface area contributed by atoms with E-state index < -0.39 is 24.0 Å². The predicted molar refractivity (Wildman–Crippen MR) is 109 cm³/mol. The van der Waals surface area contributed by atoms with Crippen molar-refractivity contribution < 1.29 is 28.7 Å². The summed E-state index contributed by atoms with van der Waals surface area (Å²) in [5.74, 6) is -2.18. The van der Waals surface area contributed by atoms with Crippen molar-refractivity contribution >= 4 is 29.3 Å². The van der Waals surface area contributed by atoms with Crippen LogP contribution in [0.2, 0.25) is 0 Å². The molecule has 30 heavy (non-hydrogen) atoms. The smallest absolute Gasteiger partial charge is 0.338 e. The van der Waals surface area contributed by atoms with Gasteiger partial charge in [-0.1, -0.05) is 30.3 Å². The summed E-state index contributed by atoms with van der Waals surface area (Å²) in [7, 11) is 0. The number of carbonyl (C=O) groups excluding carboxylic acids is 4. The molecule has 0 aliphatic carbocycles. The van der Waals surface area contributed by atoms with E-state index in [9.17, 15) is 19.2 Å². The van der Waals surface area contributed by atoms with Gasteiger partial charge < -0.3 is 14.4 Å². The molecule has 0 spiro atoms. The fraction of sp³-hybridized carbons (Fsp3) is 0.304. The summed E-state index contributed by atoms with van der Waals surface area (Å²) in [5, 5.41) is 0. The summed E-state index contributed by atoms with van der Waals surface area (Å²) in [5.41, 5.74) is 1.43. The first-order valence-corrected chi connectivity index (χ1v) is 9.78. The molecule has 0 saturated carbocycles. The van der Waals surface area contributed by atoms with Gasteiger partial charge in [0.25, 0.3) is 0 Å². The third-order valence-corrected chi connectivity index (χ3v) is 4.87. The lowest BCUT2D eigenvalue weighted by Gasteiger charge is -2.18. The number of hydrogen-bond donors (Lipinski definition) is 0. The lowest BCUT2D eigenvalue weighted by molar-refractivity contribution is -0.151. The van der Waals surface area contributed by atoms with Crippen molar-refractivity contribution in [1.29, 1.82) is 0 Å². The second-order valence-corrected chi connectivity index (χ2v) is 6.98. The number of Topliss-reactive ketones (excluding diaryl/α,β-unsaturated/α-hetero) is 1. The van der Waals surface area contributed by atoms with Gasteiger partial charge in [-0.25, -0.2) is 4.79 Å². The van der Waals surface area contributed by atoms with Gasteiger partial charge >= 0.3 is 11.9 Å². The van der Waals surface area contributed by atoms with Gasteiger partial charge in [-0.05, 0) is 38.1 Å². The molecule has 7 heteroatoms. The Bertz CT molecular complexity index is 938. The number of ether oxygens (including phenoxy) is 2. The summed E-state index contributed by atoms with van der Waals surface area (Å²) in [4.78, 5) is 50.5. The highest BCUT2D eigenvalue weighted by atomic mass is 16.5. The Balaban J connectivity index is 1.61. The SMILES string of the molecule is CCOC(=O)c1ccc(N2C[C@H](C(=O)O[C@@H](C)C(=O)c3ccccc3)CC2=O)cc1. The van der Waals surface area contributed by atoms with Crippen LogP contribution in [0.5, 0.6) is 0 Å². The summed E-state index contributed by atoms with van der Waals surface area (Å²) >= 11 is 0. The van der Waals surface area contributed by atoms with Crippen LogP contribution in [-0.4, -0.2) is 42.9 Å². The van der Waals surface area contributed by atoms with Gasteiger partial charge in [0.1, 0.15) is 0 Å². The molecular formula is C23H23NO6. The van der Waals surface area contributed by atoms with Crippen LogP contribution in [-0.2, 0) is 19.1 Å². The molecule has 2 aromatic rings. The number of benzene rings is 2. The van der Waals surface area contributed by atoms with Crippen LogP contribution in [0.3, 0.4) is 0 Å². The summed E-state index contributed by atoms with van der Waals surface area (Å²) in [6.07, 6.45) is -0.932. The Labute approximate surface area is 174 Å². The van der Waals surface area contributed by atoms with E-state index in [1.165, 1.54) is 11.8 Å². The molecule has 0 unspecified atom stereocenters. The average Bonchev–Trinajstić information content (AvgIpc) is 3.16. The van der Waals surface area contributed by atoms with E-state index in [0.29, 0.717) is 16.8 Å². The highest BCUT2D eigenvalue weighted by Gasteiger charge is 2.37. The molecule has 1 fully saturated rings. The Kier molecular flexibility index (Phi) is 6.61. The monoisotopic (exact) mass is 409 g/mol. The minimum Gasteiger partial charge on any atom is -0.462 e. The molecule has 1 aliphatic rings. The molecule has 7 nitrogen and oxygen atoms in total. The fourth-order valence-electron chi connectivity index (χ4n) is 3.27. The molecule has 1 heterocycles. The molecule has 0 radical (unpaired) electrons. The quantitative estimate of drug-likeness (QED) is 0.516. The van der Waals surface area contributed by atoms with Crippen molar-refractivity contribution in [2.75, 3.05) is 18.1 Å². The molecular weight excluding hydrogens is 386 g/mol. The molecule has 1 saturated heterocycles. The Morgan fingerprint density at radius 2 is 1.70 bits per heavy atom. The zero-order valence-corrected chi connectivity index (χ0v) is 16.9. The van der Waals surface area contributed by atoms with Crippen LogP contribution in [0.4, 0.5) is 5.69 Å². The molecule has 1 aliphatic heterocycles. The first-order chi connectivity index (χ1) is 14.4. The Morgan fingerprint density at radius 1 is 1.03 bits per heavy atom. The number of nitrogens with zero attached hydrogens (tertiary/aromatic N) is 1. The number of amides is 1. The largest absolute Gasteiger partial charge is 0.462 e. The van der Waals surface area contributed by atoms with Crippen LogP contribution in [0.25, 0.3) is 0 Å². The second-order valence-electron chi connectivity index (χ2n) is 6.98. The van der Waals surface area contributed by atoms with Crippen molar-refractivity contribution in [1.82, 2.24) is 0 Å². The molecule has 0 N–H and O–H groups in total. The van der Waals surface area contributed by atoms with Gasteiger partial charge in [0.05, 0.1) is 18.1 Å². The van der Waals surface area contributed by atoms with Gasteiger partial charge in [-0.3, -0.25) is 14.4 Å². The lowest BCUT2D eigenvalue weighted by atomic mass is 10.1. The fourth-order valence-corrected chi connectivity index (χ4v) is 3.27. The molecule has 1 amide bonds.